The van der Waals surface area contributed by atoms with E-state index in [0.29, 0.717) is 5.56 Å². The average molecular weight is 300 g/mol. The summed E-state index contributed by atoms with van der Waals surface area (Å²) in [4.78, 5) is 12.4. The van der Waals surface area contributed by atoms with E-state index in [0.717, 1.165) is 31.4 Å². The number of hydrogen-bond acceptors (Lipinski definition) is 4. The number of carbonyl (C=O) groups excluding carboxylic acids is 1. The van der Waals surface area contributed by atoms with Crippen molar-refractivity contribution in [2.24, 2.45) is 0 Å². The Morgan fingerprint density at radius 3 is 2.73 bits per heavy atom. The molecule has 0 bridgehead atoms. The van der Waals surface area contributed by atoms with Crippen molar-refractivity contribution in [3.8, 4) is 5.69 Å². The van der Waals surface area contributed by atoms with Crippen molar-refractivity contribution in [1.29, 1.82) is 0 Å². The highest BCUT2D eigenvalue weighted by molar-refractivity contribution is 5.94. The predicted octanol–water partition coefficient (Wildman–Crippen LogP) is 1.95. The normalized spacial score (nSPS) is 21.5. The molecule has 0 aliphatic heterocycles. The highest BCUT2D eigenvalue weighted by Gasteiger charge is 2.26. The van der Waals surface area contributed by atoms with Crippen LogP contribution >= 0.6 is 0 Å². The molecule has 0 saturated heterocycles. The maximum absolute atomic E-state index is 12.4. The molecule has 0 spiro atoms. The van der Waals surface area contributed by atoms with Crippen LogP contribution in [0.25, 0.3) is 5.69 Å². The number of methoxy groups -OCH3 is 1. The Bertz CT molecular complexity index is 610. The van der Waals surface area contributed by atoms with E-state index in [1.54, 1.807) is 36.3 Å². The zero-order valence-electron chi connectivity index (χ0n) is 12.6. The minimum Gasteiger partial charge on any atom is -0.379 e. The summed E-state index contributed by atoms with van der Waals surface area (Å²) in [6.07, 6.45) is 7.78. The lowest BCUT2D eigenvalue weighted by atomic mass is 9.92. The fraction of sp³-hybridized carbons (Fsp3) is 0.438. The molecule has 2 atom stereocenters. The second kappa shape index (κ2) is 6.70. The Labute approximate surface area is 129 Å². The van der Waals surface area contributed by atoms with Crippen LogP contribution in [0.15, 0.2) is 36.7 Å². The SMILES string of the molecule is CO[C@H]1CCCC[C@H]1NC(=O)c1ccc(-n2ccnn2)cc1. The standard InChI is InChI=1S/C16H20N4O2/c1-22-15-5-3-2-4-14(15)18-16(21)12-6-8-13(9-7-12)20-11-10-17-19-20/h6-11,14-15H,2-5H2,1H3,(H,18,21)/t14-,15+/m1/s1. The number of amides is 1. The highest BCUT2D eigenvalue weighted by atomic mass is 16.5. The fourth-order valence-corrected chi connectivity index (χ4v) is 2.91. The lowest BCUT2D eigenvalue weighted by molar-refractivity contribution is 0.0392. The lowest BCUT2D eigenvalue weighted by Crippen LogP contribution is -2.45. The number of rotatable bonds is 4. The van der Waals surface area contributed by atoms with Crippen LogP contribution in [0.5, 0.6) is 0 Å². The molecule has 1 saturated carbocycles. The van der Waals surface area contributed by atoms with E-state index in [9.17, 15) is 4.79 Å². The van der Waals surface area contributed by atoms with Crippen molar-refractivity contribution in [3.05, 3.63) is 42.2 Å². The molecule has 1 fully saturated rings. The van der Waals surface area contributed by atoms with E-state index in [4.69, 9.17) is 4.74 Å². The third kappa shape index (κ3) is 3.17. The smallest absolute Gasteiger partial charge is 0.251 e. The minimum absolute atomic E-state index is 0.0564. The number of nitrogens with zero attached hydrogens (tertiary/aromatic N) is 3. The van der Waals surface area contributed by atoms with Crippen LogP contribution in [0.4, 0.5) is 0 Å². The predicted molar refractivity (Wildman–Crippen MR) is 81.9 cm³/mol. The highest BCUT2D eigenvalue weighted by Crippen LogP contribution is 2.21. The first-order chi connectivity index (χ1) is 10.8. The summed E-state index contributed by atoms with van der Waals surface area (Å²) in [5, 5.41) is 10.8. The van der Waals surface area contributed by atoms with Crippen LogP contribution in [-0.2, 0) is 4.74 Å². The maximum atomic E-state index is 12.4. The van der Waals surface area contributed by atoms with Crippen molar-refractivity contribution >= 4 is 5.91 Å². The first-order valence-electron chi connectivity index (χ1n) is 7.58. The first-order valence-corrected chi connectivity index (χ1v) is 7.58. The molecule has 1 aromatic heterocycles. The van der Waals surface area contributed by atoms with Crippen LogP contribution in [-0.4, -0.2) is 40.2 Å². The summed E-state index contributed by atoms with van der Waals surface area (Å²) in [6, 6.07) is 7.42. The maximum Gasteiger partial charge on any atom is 0.251 e. The average Bonchev–Trinajstić information content (AvgIpc) is 3.10. The molecule has 3 rings (SSSR count). The number of aromatic nitrogens is 3. The van der Waals surface area contributed by atoms with Crippen LogP contribution in [0.1, 0.15) is 36.0 Å². The van der Waals surface area contributed by atoms with Gasteiger partial charge in [-0.2, -0.15) is 0 Å². The van der Waals surface area contributed by atoms with Gasteiger partial charge in [-0.3, -0.25) is 4.79 Å². The molecule has 2 aromatic rings. The zero-order chi connectivity index (χ0) is 15.4. The molecule has 1 aliphatic carbocycles. The Morgan fingerprint density at radius 2 is 2.05 bits per heavy atom. The molecule has 22 heavy (non-hydrogen) atoms. The molecule has 1 aliphatic rings. The molecule has 0 radical (unpaired) electrons. The number of carbonyl (C=O) groups is 1. The fourth-order valence-electron chi connectivity index (χ4n) is 2.91. The molecular weight excluding hydrogens is 280 g/mol. The lowest BCUT2D eigenvalue weighted by Gasteiger charge is -2.31. The van der Waals surface area contributed by atoms with Gasteiger partial charge >= 0.3 is 0 Å². The molecule has 1 amide bonds. The third-order valence-electron chi connectivity index (χ3n) is 4.14. The number of nitrogens with one attached hydrogen (secondary N) is 1. The van der Waals surface area contributed by atoms with E-state index < -0.39 is 0 Å². The van der Waals surface area contributed by atoms with Gasteiger partial charge in [0.15, 0.2) is 0 Å². The van der Waals surface area contributed by atoms with Gasteiger partial charge in [-0.15, -0.1) is 5.10 Å². The van der Waals surface area contributed by atoms with Crippen molar-refractivity contribution in [3.63, 3.8) is 0 Å². The van der Waals surface area contributed by atoms with Gasteiger partial charge < -0.3 is 10.1 Å². The molecule has 1 aromatic carbocycles. The van der Waals surface area contributed by atoms with E-state index in [1.807, 2.05) is 12.1 Å². The van der Waals surface area contributed by atoms with E-state index >= 15 is 0 Å². The zero-order valence-corrected chi connectivity index (χ0v) is 12.6. The second-order valence-electron chi connectivity index (χ2n) is 5.53. The largest absolute Gasteiger partial charge is 0.379 e. The second-order valence-corrected chi connectivity index (χ2v) is 5.53. The Morgan fingerprint density at radius 1 is 1.27 bits per heavy atom. The number of benzene rings is 1. The van der Waals surface area contributed by atoms with Crippen LogP contribution in [0.3, 0.4) is 0 Å². The van der Waals surface area contributed by atoms with E-state index in [-0.39, 0.29) is 18.1 Å². The summed E-state index contributed by atoms with van der Waals surface area (Å²) in [5.74, 6) is -0.0564. The minimum atomic E-state index is -0.0564. The van der Waals surface area contributed by atoms with Gasteiger partial charge in [0.1, 0.15) is 0 Å². The monoisotopic (exact) mass is 300 g/mol. The van der Waals surface area contributed by atoms with Crippen molar-refractivity contribution in [2.75, 3.05) is 7.11 Å². The van der Waals surface area contributed by atoms with Crippen LogP contribution in [0.2, 0.25) is 0 Å². The van der Waals surface area contributed by atoms with Gasteiger partial charge in [0.25, 0.3) is 5.91 Å². The molecule has 6 heteroatoms. The number of hydrogen-bond donors (Lipinski definition) is 1. The summed E-state index contributed by atoms with van der Waals surface area (Å²) in [7, 11) is 1.71. The molecule has 1 N–H and O–H groups in total. The molecule has 1 heterocycles. The van der Waals surface area contributed by atoms with Crippen molar-refractivity contribution in [1.82, 2.24) is 20.3 Å². The van der Waals surface area contributed by atoms with Crippen molar-refractivity contribution < 1.29 is 9.53 Å². The summed E-state index contributed by atoms with van der Waals surface area (Å²) < 4.78 is 7.13. The Hall–Kier alpha value is -2.21. The van der Waals surface area contributed by atoms with Crippen LogP contribution < -0.4 is 5.32 Å². The van der Waals surface area contributed by atoms with Crippen LogP contribution in [0, 0.1) is 0 Å². The molecule has 116 valence electrons. The van der Waals surface area contributed by atoms with Crippen molar-refractivity contribution in [2.45, 2.75) is 37.8 Å². The van der Waals surface area contributed by atoms with Gasteiger partial charge in [0.2, 0.25) is 0 Å². The number of ether oxygens (including phenoxy) is 1. The first kappa shape index (κ1) is 14.7. The molecule has 0 unspecified atom stereocenters. The molecule has 6 nitrogen and oxygen atoms in total. The quantitative estimate of drug-likeness (QED) is 0.937. The Balaban J connectivity index is 1.67. The van der Waals surface area contributed by atoms with Gasteiger partial charge in [-0.25, -0.2) is 4.68 Å². The van der Waals surface area contributed by atoms with E-state index in [1.165, 1.54) is 0 Å². The topological polar surface area (TPSA) is 69.0 Å². The van der Waals surface area contributed by atoms with E-state index in [2.05, 4.69) is 15.6 Å². The summed E-state index contributed by atoms with van der Waals surface area (Å²) in [5.41, 5.74) is 1.52. The Kier molecular flexibility index (Phi) is 4.48. The summed E-state index contributed by atoms with van der Waals surface area (Å²) >= 11 is 0. The summed E-state index contributed by atoms with van der Waals surface area (Å²) in [6.45, 7) is 0. The molecular formula is C16H20N4O2. The third-order valence-corrected chi connectivity index (χ3v) is 4.14. The van der Waals surface area contributed by atoms with Gasteiger partial charge in [0, 0.05) is 12.7 Å². The van der Waals surface area contributed by atoms with Gasteiger partial charge in [0.05, 0.1) is 30.2 Å². The van der Waals surface area contributed by atoms with Gasteiger partial charge in [-0.05, 0) is 37.1 Å². The van der Waals surface area contributed by atoms with Gasteiger partial charge in [-0.1, -0.05) is 18.1 Å².